The van der Waals surface area contributed by atoms with Crippen molar-refractivity contribution in [1.82, 2.24) is 29.9 Å². The van der Waals surface area contributed by atoms with Gasteiger partial charge in [0.1, 0.15) is 23.8 Å². The van der Waals surface area contributed by atoms with Crippen molar-refractivity contribution in [1.29, 1.82) is 0 Å². The third kappa shape index (κ3) is 5.38. The number of rotatable bonds is 7. The molecule has 3 aromatic heterocycles. The maximum atomic E-state index is 14.8. The maximum Gasteiger partial charge on any atom is 0.269 e. The van der Waals surface area contributed by atoms with Gasteiger partial charge in [0.25, 0.3) is 5.91 Å². The van der Waals surface area contributed by atoms with Gasteiger partial charge in [-0.15, -0.1) is 11.3 Å². The Kier molecular flexibility index (Phi) is 7.22. The molecular weight excluding hydrogens is 595 g/mol. The molecule has 3 amide bonds. The number of hydrogen-bond donors (Lipinski definition) is 2. The van der Waals surface area contributed by atoms with Crippen LogP contribution in [0.15, 0.2) is 85.2 Å². The van der Waals surface area contributed by atoms with Crippen molar-refractivity contribution in [3.05, 3.63) is 90.9 Å². The van der Waals surface area contributed by atoms with Crippen molar-refractivity contribution >= 4 is 55.9 Å². The summed E-state index contributed by atoms with van der Waals surface area (Å²) in [6, 6.07) is 21.0. The first-order valence-electron chi connectivity index (χ1n) is 14.1. The smallest absolute Gasteiger partial charge is 0.269 e. The minimum absolute atomic E-state index is 0.00722. The zero-order valence-corrected chi connectivity index (χ0v) is 24.4. The quantitative estimate of drug-likeness (QED) is 0.268. The molecule has 45 heavy (non-hydrogen) atoms. The van der Waals surface area contributed by atoms with Gasteiger partial charge in [-0.3, -0.25) is 19.1 Å². The van der Waals surface area contributed by atoms with Crippen LogP contribution in [0.5, 0.6) is 0 Å². The molecule has 0 radical (unpaired) electrons. The number of alkyl halides is 1. The highest BCUT2D eigenvalue weighted by Crippen LogP contribution is 2.35. The van der Waals surface area contributed by atoms with Crippen LogP contribution in [0.4, 0.5) is 10.1 Å². The molecule has 3 aromatic carbocycles. The number of carbonyl (C=O) groups excluding carboxylic acids is 3. The number of aromatic nitrogens is 5. The Morgan fingerprint density at radius 3 is 2.62 bits per heavy atom. The van der Waals surface area contributed by atoms with Gasteiger partial charge in [0.05, 0.1) is 40.4 Å². The molecule has 0 unspecified atom stereocenters. The molecule has 6 aromatic rings. The van der Waals surface area contributed by atoms with E-state index in [1.165, 1.54) is 20.9 Å². The normalized spacial score (nSPS) is 16.3. The number of hydrogen-bond acceptors (Lipinski definition) is 8. The van der Waals surface area contributed by atoms with Crippen molar-refractivity contribution in [2.45, 2.75) is 25.2 Å². The summed E-state index contributed by atoms with van der Waals surface area (Å²) in [6.45, 7) is -0.559. The molecule has 1 aliphatic rings. The van der Waals surface area contributed by atoms with Gasteiger partial charge < -0.3 is 16.0 Å². The van der Waals surface area contributed by atoms with Gasteiger partial charge in [0.15, 0.2) is 5.69 Å². The molecule has 0 aliphatic carbocycles. The summed E-state index contributed by atoms with van der Waals surface area (Å²) in [6.07, 6.45) is 1.62. The van der Waals surface area contributed by atoms with E-state index in [9.17, 15) is 18.8 Å². The van der Waals surface area contributed by atoms with E-state index in [0.717, 1.165) is 31.9 Å². The highest BCUT2D eigenvalue weighted by molar-refractivity contribution is 7.21. The van der Waals surface area contributed by atoms with E-state index in [2.05, 4.69) is 20.6 Å². The molecule has 4 heterocycles. The van der Waals surface area contributed by atoms with Crippen LogP contribution in [-0.2, 0) is 16.1 Å². The van der Waals surface area contributed by atoms with Crippen LogP contribution in [0.1, 0.15) is 16.9 Å². The van der Waals surface area contributed by atoms with Gasteiger partial charge in [-0.2, -0.15) is 15.3 Å². The summed E-state index contributed by atoms with van der Waals surface area (Å²) < 4.78 is 17.1. The van der Waals surface area contributed by atoms with Crippen LogP contribution in [-0.4, -0.2) is 66.3 Å². The lowest BCUT2D eigenvalue weighted by Gasteiger charge is -2.24. The monoisotopic (exact) mass is 620 g/mol. The molecule has 3 N–H and O–H groups in total. The molecule has 7 rings (SSSR count). The van der Waals surface area contributed by atoms with E-state index >= 15 is 0 Å². The molecule has 1 aliphatic heterocycles. The summed E-state index contributed by atoms with van der Waals surface area (Å²) in [5, 5.41) is 16.1. The number of nitrogens with one attached hydrogen (secondary N) is 1. The summed E-state index contributed by atoms with van der Waals surface area (Å²) in [5.41, 5.74) is 9.73. The average molecular weight is 621 g/mol. The van der Waals surface area contributed by atoms with E-state index in [-0.39, 0.29) is 25.2 Å². The highest BCUT2D eigenvalue weighted by atomic mass is 32.1. The van der Waals surface area contributed by atoms with Gasteiger partial charge >= 0.3 is 0 Å². The number of nitrogens with zero attached hydrogens (tertiary/aromatic N) is 6. The highest BCUT2D eigenvalue weighted by Gasteiger charge is 2.40. The summed E-state index contributed by atoms with van der Waals surface area (Å²) in [5.74, 6) is -1.78. The van der Waals surface area contributed by atoms with Gasteiger partial charge in [0.2, 0.25) is 11.8 Å². The van der Waals surface area contributed by atoms with E-state index in [1.54, 1.807) is 48.8 Å². The first-order valence-corrected chi connectivity index (χ1v) is 14.9. The van der Waals surface area contributed by atoms with Crippen LogP contribution in [0.3, 0.4) is 0 Å². The molecule has 1 fully saturated rings. The number of nitrogens with two attached hydrogens (primary N) is 1. The van der Waals surface area contributed by atoms with Gasteiger partial charge in [0, 0.05) is 22.9 Å². The molecule has 0 spiro atoms. The number of fused-ring (bicyclic) bond motifs is 2. The third-order valence-corrected chi connectivity index (χ3v) is 8.84. The summed E-state index contributed by atoms with van der Waals surface area (Å²) >= 11 is 1.50. The molecule has 11 nitrogen and oxygen atoms in total. The van der Waals surface area contributed by atoms with Crippen molar-refractivity contribution in [2.75, 3.05) is 11.9 Å². The number of anilines is 1. The zero-order valence-electron chi connectivity index (χ0n) is 23.6. The fourth-order valence-electron chi connectivity index (χ4n) is 5.63. The van der Waals surface area contributed by atoms with Crippen LogP contribution in [0.25, 0.3) is 42.8 Å². The minimum Gasteiger partial charge on any atom is -0.364 e. The van der Waals surface area contributed by atoms with Crippen LogP contribution in [0, 0.1) is 0 Å². The Labute approximate surface area is 259 Å². The Hall–Kier alpha value is -5.56. The second-order valence-electron chi connectivity index (χ2n) is 10.7. The first kappa shape index (κ1) is 28.2. The SMILES string of the molecule is NC(=O)c1nn(CC(=O)N2C[C@H](F)C[C@H]2C(=O)Nc2ccccc2-c2nc3ccccc3s2)c2ccc(-c3ccnnc3)cc12. The largest absolute Gasteiger partial charge is 0.364 e. The third-order valence-electron chi connectivity index (χ3n) is 7.77. The first-order chi connectivity index (χ1) is 21.9. The maximum absolute atomic E-state index is 14.8. The lowest BCUT2D eigenvalue weighted by atomic mass is 10.0. The zero-order chi connectivity index (χ0) is 31.1. The average Bonchev–Trinajstić information content (AvgIpc) is 3.76. The van der Waals surface area contributed by atoms with Crippen molar-refractivity contribution in [3.8, 4) is 21.7 Å². The molecule has 13 heteroatoms. The topological polar surface area (TPSA) is 149 Å². The number of carbonyl (C=O) groups is 3. The van der Waals surface area contributed by atoms with E-state index < -0.39 is 29.9 Å². The number of para-hydroxylation sites is 2. The van der Waals surface area contributed by atoms with Crippen molar-refractivity contribution in [2.24, 2.45) is 5.73 Å². The van der Waals surface area contributed by atoms with Crippen molar-refractivity contribution in [3.63, 3.8) is 0 Å². The molecular formula is C32H25FN8O3S. The lowest BCUT2D eigenvalue weighted by molar-refractivity contribution is -0.137. The van der Waals surface area contributed by atoms with Crippen LogP contribution >= 0.6 is 11.3 Å². The molecule has 0 saturated carbocycles. The molecule has 1 saturated heterocycles. The van der Waals surface area contributed by atoms with Crippen molar-refractivity contribution < 1.29 is 18.8 Å². The number of amides is 3. The second kappa shape index (κ2) is 11.5. The fraction of sp³-hybridized carbons (Fsp3) is 0.156. The summed E-state index contributed by atoms with van der Waals surface area (Å²) in [4.78, 5) is 45.4. The van der Waals surface area contributed by atoms with E-state index in [1.807, 2.05) is 36.4 Å². The van der Waals surface area contributed by atoms with Gasteiger partial charge in [-0.05, 0) is 48.0 Å². The Balaban J connectivity index is 1.14. The number of halogens is 1. The standard InChI is InChI=1S/C32H25FN8O3S/c33-20-14-26(31(44)37-23-6-2-1-5-21(23)32-38-24-7-3-4-8-27(24)45-32)40(16-20)28(42)17-41-25-10-9-18(19-11-12-35-36-15-19)13-22(25)29(39-41)30(34)43/h1-13,15,20,26H,14,16-17H2,(H2,34,43)(H,37,44)/t20-,26+/m1/s1. The molecule has 2 atom stereocenters. The lowest BCUT2D eigenvalue weighted by Crippen LogP contribution is -2.44. The minimum atomic E-state index is -1.38. The van der Waals surface area contributed by atoms with Gasteiger partial charge in [-0.1, -0.05) is 30.3 Å². The van der Waals surface area contributed by atoms with Crippen LogP contribution in [0.2, 0.25) is 0 Å². The number of thiazole rings is 1. The van der Waals surface area contributed by atoms with Gasteiger partial charge in [-0.25, -0.2) is 9.37 Å². The predicted octanol–water partition coefficient (Wildman–Crippen LogP) is 4.45. The Morgan fingerprint density at radius 1 is 1.00 bits per heavy atom. The number of benzene rings is 3. The number of likely N-dealkylation sites (tertiary alicyclic amines) is 1. The molecule has 0 bridgehead atoms. The Bertz CT molecular complexity index is 2060. The van der Waals surface area contributed by atoms with E-state index in [0.29, 0.717) is 16.6 Å². The number of primary amides is 1. The second-order valence-corrected chi connectivity index (χ2v) is 11.7. The molecule has 224 valence electrons. The Morgan fingerprint density at radius 2 is 1.82 bits per heavy atom. The predicted molar refractivity (Wildman–Crippen MR) is 168 cm³/mol. The van der Waals surface area contributed by atoms with E-state index in [4.69, 9.17) is 10.7 Å². The van der Waals surface area contributed by atoms with Crippen LogP contribution < -0.4 is 11.1 Å². The summed E-state index contributed by atoms with van der Waals surface area (Å²) in [7, 11) is 0. The fourth-order valence-corrected chi connectivity index (χ4v) is 6.64.